The number of anilines is 1. The van der Waals surface area contributed by atoms with Crippen molar-refractivity contribution in [3.8, 4) is 0 Å². The van der Waals surface area contributed by atoms with Gasteiger partial charge < -0.3 is 9.88 Å². The molecule has 1 saturated carbocycles. The molecule has 0 saturated heterocycles. The van der Waals surface area contributed by atoms with Crippen LogP contribution >= 0.6 is 0 Å². The van der Waals surface area contributed by atoms with E-state index in [9.17, 15) is 9.59 Å². The van der Waals surface area contributed by atoms with Gasteiger partial charge in [0.25, 0.3) is 5.56 Å². The van der Waals surface area contributed by atoms with Crippen LogP contribution in [-0.2, 0) is 11.3 Å². The van der Waals surface area contributed by atoms with Crippen molar-refractivity contribution in [3.63, 3.8) is 0 Å². The Kier molecular flexibility index (Phi) is 4.08. The van der Waals surface area contributed by atoms with Gasteiger partial charge in [-0.05, 0) is 25.3 Å². The van der Waals surface area contributed by atoms with Crippen molar-refractivity contribution in [2.45, 2.75) is 52.5 Å². The molecule has 1 N–H and O–H groups in total. The van der Waals surface area contributed by atoms with Crippen molar-refractivity contribution in [2.75, 3.05) is 5.32 Å². The van der Waals surface area contributed by atoms with E-state index in [2.05, 4.69) is 5.32 Å². The van der Waals surface area contributed by atoms with Gasteiger partial charge in [0.15, 0.2) is 0 Å². The molecule has 0 radical (unpaired) electrons. The van der Waals surface area contributed by atoms with E-state index in [1.54, 1.807) is 16.8 Å². The number of aryl methyl sites for hydroxylation is 1. The largest absolute Gasteiger partial charge is 0.324 e. The summed E-state index contributed by atoms with van der Waals surface area (Å²) in [5.74, 6) is 0.0756. The number of rotatable bonds is 4. The molecule has 0 spiro atoms. The van der Waals surface area contributed by atoms with E-state index in [4.69, 9.17) is 0 Å². The molecule has 1 amide bonds. The molecule has 2 rings (SSSR count). The first-order valence-corrected chi connectivity index (χ1v) is 7.07. The van der Waals surface area contributed by atoms with Gasteiger partial charge in [-0.15, -0.1) is 0 Å². The monoisotopic (exact) mass is 262 g/mol. The number of carbonyl (C=O) groups excluding carboxylic acids is 1. The van der Waals surface area contributed by atoms with Crippen LogP contribution in [0.4, 0.5) is 5.69 Å². The Hall–Kier alpha value is -1.58. The van der Waals surface area contributed by atoms with Gasteiger partial charge in [-0.2, -0.15) is 0 Å². The van der Waals surface area contributed by atoms with Crippen molar-refractivity contribution < 1.29 is 4.79 Å². The summed E-state index contributed by atoms with van der Waals surface area (Å²) in [5.41, 5.74) is 0.448. The molecule has 1 aliphatic rings. The molecule has 1 aromatic heterocycles. The average Bonchev–Trinajstić information content (AvgIpc) is 2.82. The molecule has 19 heavy (non-hydrogen) atoms. The average molecular weight is 262 g/mol. The van der Waals surface area contributed by atoms with Crippen molar-refractivity contribution in [2.24, 2.45) is 5.41 Å². The van der Waals surface area contributed by atoms with Gasteiger partial charge in [0.2, 0.25) is 5.91 Å². The Morgan fingerprint density at radius 3 is 2.68 bits per heavy atom. The number of hydrogen-bond acceptors (Lipinski definition) is 2. The fourth-order valence-electron chi connectivity index (χ4n) is 2.69. The van der Waals surface area contributed by atoms with E-state index in [1.165, 1.54) is 6.07 Å². The van der Waals surface area contributed by atoms with Crippen molar-refractivity contribution in [1.82, 2.24) is 4.57 Å². The van der Waals surface area contributed by atoms with Crippen LogP contribution in [-0.4, -0.2) is 10.5 Å². The fraction of sp³-hybridized carbons (Fsp3) is 0.600. The first-order valence-electron chi connectivity index (χ1n) is 7.07. The van der Waals surface area contributed by atoms with E-state index in [1.807, 2.05) is 13.8 Å². The van der Waals surface area contributed by atoms with Crippen LogP contribution in [0.2, 0.25) is 0 Å². The van der Waals surface area contributed by atoms with E-state index in [0.717, 1.165) is 32.1 Å². The number of aromatic nitrogens is 1. The van der Waals surface area contributed by atoms with Gasteiger partial charge in [-0.1, -0.05) is 26.7 Å². The van der Waals surface area contributed by atoms with E-state index >= 15 is 0 Å². The lowest BCUT2D eigenvalue weighted by Gasteiger charge is -2.22. The Bertz CT molecular complexity index is 513. The van der Waals surface area contributed by atoms with Gasteiger partial charge in [0.05, 0.1) is 5.69 Å². The zero-order valence-electron chi connectivity index (χ0n) is 11.7. The maximum Gasteiger partial charge on any atom is 0.250 e. The topological polar surface area (TPSA) is 51.1 Å². The van der Waals surface area contributed by atoms with Gasteiger partial charge in [-0.25, -0.2) is 0 Å². The number of nitrogens with one attached hydrogen (secondary N) is 1. The lowest BCUT2D eigenvalue weighted by atomic mass is 9.88. The fourth-order valence-corrected chi connectivity index (χ4v) is 2.69. The van der Waals surface area contributed by atoms with Crippen molar-refractivity contribution >= 4 is 11.6 Å². The highest BCUT2D eigenvalue weighted by Crippen LogP contribution is 2.38. The van der Waals surface area contributed by atoms with Crippen LogP contribution in [0.1, 0.15) is 46.0 Å². The van der Waals surface area contributed by atoms with Crippen LogP contribution in [0.3, 0.4) is 0 Å². The summed E-state index contributed by atoms with van der Waals surface area (Å²) < 4.78 is 1.65. The predicted octanol–water partition coefficient (Wildman–Crippen LogP) is 2.78. The molecule has 0 aliphatic heterocycles. The second kappa shape index (κ2) is 5.59. The highest BCUT2D eigenvalue weighted by atomic mass is 16.2. The Morgan fingerprint density at radius 2 is 2.05 bits per heavy atom. The van der Waals surface area contributed by atoms with E-state index < -0.39 is 0 Å². The summed E-state index contributed by atoms with van der Waals surface area (Å²) in [6.07, 6.45) is 6.79. The highest BCUT2D eigenvalue weighted by Gasteiger charge is 2.36. The number of nitrogens with zero attached hydrogens (tertiary/aromatic N) is 1. The molecule has 0 bridgehead atoms. The third kappa shape index (κ3) is 3.06. The minimum Gasteiger partial charge on any atom is -0.324 e. The molecular weight excluding hydrogens is 240 g/mol. The summed E-state index contributed by atoms with van der Waals surface area (Å²) in [7, 11) is 0. The molecule has 4 nitrogen and oxygen atoms in total. The zero-order chi connectivity index (χ0) is 13.9. The van der Waals surface area contributed by atoms with Crippen LogP contribution in [0, 0.1) is 5.41 Å². The van der Waals surface area contributed by atoms with Gasteiger partial charge in [0.1, 0.15) is 0 Å². The zero-order valence-corrected chi connectivity index (χ0v) is 11.7. The minimum absolute atomic E-state index is 0.0214. The van der Waals surface area contributed by atoms with Crippen molar-refractivity contribution in [3.05, 3.63) is 28.7 Å². The molecular formula is C15H22N2O2. The molecule has 1 aromatic rings. The molecule has 1 heterocycles. The maximum absolute atomic E-state index is 12.3. The predicted molar refractivity (Wildman–Crippen MR) is 76.2 cm³/mol. The summed E-state index contributed by atoms with van der Waals surface area (Å²) in [6.45, 7) is 4.73. The molecule has 0 atom stereocenters. The summed E-state index contributed by atoms with van der Waals surface area (Å²) in [5, 5.41) is 2.95. The first-order chi connectivity index (χ1) is 9.05. The van der Waals surface area contributed by atoms with Crippen LogP contribution < -0.4 is 10.9 Å². The number of hydrogen-bond donors (Lipinski definition) is 1. The third-order valence-corrected chi connectivity index (χ3v) is 3.96. The van der Waals surface area contributed by atoms with Gasteiger partial charge in [-0.3, -0.25) is 9.59 Å². The van der Waals surface area contributed by atoms with Crippen LogP contribution in [0.5, 0.6) is 0 Å². The van der Waals surface area contributed by atoms with E-state index in [0.29, 0.717) is 12.2 Å². The minimum atomic E-state index is -0.244. The lowest BCUT2D eigenvalue weighted by Crippen LogP contribution is -2.31. The number of carbonyl (C=O) groups is 1. The SMILES string of the molecule is CCCn1cc(NC(=O)C2(C)CCCC2)ccc1=O. The highest BCUT2D eigenvalue weighted by molar-refractivity contribution is 5.95. The Balaban J connectivity index is 2.12. The lowest BCUT2D eigenvalue weighted by molar-refractivity contribution is -0.124. The number of amides is 1. The second-order valence-corrected chi connectivity index (χ2v) is 5.67. The summed E-state index contributed by atoms with van der Waals surface area (Å²) >= 11 is 0. The summed E-state index contributed by atoms with van der Waals surface area (Å²) in [6, 6.07) is 3.20. The molecule has 0 unspecified atom stereocenters. The first kappa shape index (κ1) is 13.8. The summed E-state index contributed by atoms with van der Waals surface area (Å²) in [4.78, 5) is 23.9. The van der Waals surface area contributed by atoms with Gasteiger partial charge >= 0.3 is 0 Å². The molecule has 104 valence electrons. The molecule has 4 heteroatoms. The normalized spacial score (nSPS) is 17.4. The van der Waals surface area contributed by atoms with Crippen LogP contribution in [0.25, 0.3) is 0 Å². The van der Waals surface area contributed by atoms with Gasteiger partial charge in [0, 0.05) is 24.2 Å². The quantitative estimate of drug-likeness (QED) is 0.907. The number of pyridine rings is 1. The standard InChI is InChI=1S/C15H22N2O2/c1-3-10-17-11-12(6-7-13(17)18)16-14(19)15(2)8-4-5-9-15/h6-7,11H,3-5,8-10H2,1-2H3,(H,16,19). The maximum atomic E-state index is 12.3. The Morgan fingerprint density at radius 1 is 1.37 bits per heavy atom. The van der Waals surface area contributed by atoms with Crippen LogP contribution in [0.15, 0.2) is 23.1 Å². The van der Waals surface area contributed by atoms with Crippen molar-refractivity contribution in [1.29, 1.82) is 0 Å². The smallest absolute Gasteiger partial charge is 0.250 e. The molecule has 0 aromatic carbocycles. The third-order valence-electron chi connectivity index (χ3n) is 3.96. The Labute approximate surface area is 113 Å². The van der Waals surface area contributed by atoms with E-state index in [-0.39, 0.29) is 16.9 Å². The molecule has 1 fully saturated rings. The molecule has 1 aliphatic carbocycles. The second-order valence-electron chi connectivity index (χ2n) is 5.67.